The maximum absolute atomic E-state index is 5.51. The van der Waals surface area contributed by atoms with Crippen molar-refractivity contribution in [3.8, 4) is 0 Å². The van der Waals surface area contributed by atoms with Gasteiger partial charge in [0, 0.05) is 6.42 Å². The molecule has 2 rings (SSSR count). The minimum absolute atomic E-state index is 0.617. The van der Waals surface area contributed by atoms with Gasteiger partial charge in [-0.15, -0.1) is 0 Å². The van der Waals surface area contributed by atoms with E-state index in [1.165, 1.54) is 5.56 Å². The third kappa shape index (κ3) is 1.87. The molecular formula is C10H11N3. The van der Waals surface area contributed by atoms with Gasteiger partial charge in [-0.2, -0.15) is 0 Å². The average Bonchev–Trinajstić information content (AvgIpc) is 2.53. The normalized spacial score (nSPS) is 10.2. The molecule has 0 saturated carbocycles. The predicted molar refractivity (Wildman–Crippen MR) is 52.2 cm³/mol. The molecule has 1 heterocycles. The van der Waals surface area contributed by atoms with Gasteiger partial charge in [0.1, 0.15) is 11.6 Å². The molecule has 0 amide bonds. The third-order valence-corrected chi connectivity index (χ3v) is 1.86. The van der Waals surface area contributed by atoms with Crippen LogP contribution >= 0.6 is 0 Å². The first-order valence-corrected chi connectivity index (χ1v) is 4.18. The largest absolute Gasteiger partial charge is 0.384 e. The van der Waals surface area contributed by atoms with E-state index in [1.54, 1.807) is 6.20 Å². The van der Waals surface area contributed by atoms with Gasteiger partial charge in [0.05, 0.1) is 6.20 Å². The summed E-state index contributed by atoms with van der Waals surface area (Å²) in [6.45, 7) is 0. The van der Waals surface area contributed by atoms with E-state index in [1.807, 2.05) is 18.2 Å². The second-order valence-corrected chi connectivity index (χ2v) is 2.95. The zero-order valence-electron chi connectivity index (χ0n) is 7.20. The number of anilines is 1. The number of aromatic nitrogens is 2. The molecule has 0 bridgehead atoms. The molecule has 0 aliphatic heterocycles. The van der Waals surface area contributed by atoms with E-state index < -0.39 is 0 Å². The number of benzene rings is 1. The van der Waals surface area contributed by atoms with Gasteiger partial charge in [0.25, 0.3) is 0 Å². The minimum Gasteiger partial charge on any atom is -0.384 e. The second kappa shape index (κ2) is 3.31. The maximum atomic E-state index is 5.51. The Morgan fingerprint density at radius 1 is 1.23 bits per heavy atom. The van der Waals surface area contributed by atoms with Crippen LogP contribution in [-0.4, -0.2) is 9.97 Å². The number of imidazole rings is 1. The second-order valence-electron chi connectivity index (χ2n) is 2.95. The van der Waals surface area contributed by atoms with Crippen LogP contribution in [0.5, 0.6) is 0 Å². The van der Waals surface area contributed by atoms with Crippen molar-refractivity contribution in [3.05, 3.63) is 47.9 Å². The molecule has 0 saturated heterocycles. The van der Waals surface area contributed by atoms with E-state index >= 15 is 0 Å². The number of hydrogen-bond acceptors (Lipinski definition) is 2. The van der Waals surface area contributed by atoms with Gasteiger partial charge in [-0.05, 0) is 5.56 Å². The van der Waals surface area contributed by atoms with E-state index in [-0.39, 0.29) is 0 Å². The summed E-state index contributed by atoms with van der Waals surface area (Å²) >= 11 is 0. The quantitative estimate of drug-likeness (QED) is 0.724. The SMILES string of the molecule is Nc1cnc(Cc2ccccc2)[nH]1. The highest BCUT2D eigenvalue weighted by Gasteiger charge is 1.98. The van der Waals surface area contributed by atoms with Gasteiger partial charge in [-0.1, -0.05) is 30.3 Å². The Bertz CT molecular complexity index is 378. The lowest BCUT2D eigenvalue weighted by Crippen LogP contribution is -1.90. The lowest BCUT2D eigenvalue weighted by atomic mass is 10.1. The molecule has 1 aromatic heterocycles. The molecule has 0 atom stereocenters. The topological polar surface area (TPSA) is 54.7 Å². The van der Waals surface area contributed by atoms with Crippen LogP contribution in [0.3, 0.4) is 0 Å². The smallest absolute Gasteiger partial charge is 0.120 e. The molecule has 0 aliphatic carbocycles. The van der Waals surface area contributed by atoms with Gasteiger partial charge < -0.3 is 10.7 Å². The number of nitrogens with two attached hydrogens (primary N) is 1. The van der Waals surface area contributed by atoms with Gasteiger partial charge in [-0.25, -0.2) is 4.98 Å². The van der Waals surface area contributed by atoms with Gasteiger partial charge in [0.2, 0.25) is 0 Å². The Kier molecular flexibility index (Phi) is 2.00. The molecular weight excluding hydrogens is 162 g/mol. The van der Waals surface area contributed by atoms with Crippen LogP contribution in [0, 0.1) is 0 Å². The highest BCUT2D eigenvalue weighted by atomic mass is 15.0. The van der Waals surface area contributed by atoms with Crippen LogP contribution in [0.2, 0.25) is 0 Å². The number of hydrogen-bond donors (Lipinski definition) is 2. The van der Waals surface area contributed by atoms with Crippen molar-refractivity contribution in [2.75, 3.05) is 5.73 Å². The van der Waals surface area contributed by atoms with Crippen LogP contribution < -0.4 is 5.73 Å². The Morgan fingerprint density at radius 3 is 2.62 bits per heavy atom. The molecule has 0 fully saturated rings. The fraction of sp³-hybridized carbons (Fsp3) is 0.100. The molecule has 0 radical (unpaired) electrons. The van der Waals surface area contributed by atoms with Crippen molar-refractivity contribution in [2.24, 2.45) is 0 Å². The predicted octanol–water partition coefficient (Wildman–Crippen LogP) is 1.58. The molecule has 0 spiro atoms. The van der Waals surface area contributed by atoms with Crippen molar-refractivity contribution >= 4 is 5.82 Å². The average molecular weight is 173 g/mol. The number of nitrogens with one attached hydrogen (secondary N) is 1. The summed E-state index contributed by atoms with van der Waals surface area (Å²) in [7, 11) is 0. The monoisotopic (exact) mass is 173 g/mol. The fourth-order valence-electron chi connectivity index (χ4n) is 1.26. The molecule has 2 aromatic rings. The van der Waals surface area contributed by atoms with Crippen molar-refractivity contribution < 1.29 is 0 Å². The van der Waals surface area contributed by atoms with Crippen LogP contribution in [0.15, 0.2) is 36.5 Å². The summed E-state index contributed by atoms with van der Waals surface area (Å²) in [6.07, 6.45) is 2.44. The summed E-state index contributed by atoms with van der Waals surface area (Å²) < 4.78 is 0. The standard InChI is InChI=1S/C10H11N3/c11-9-7-12-10(13-9)6-8-4-2-1-3-5-8/h1-5,7H,6,11H2,(H,12,13). The molecule has 1 aromatic carbocycles. The highest BCUT2D eigenvalue weighted by Crippen LogP contribution is 2.06. The molecule has 3 N–H and O–H groups in total. The van der Waals surface area contributed by atoms with E-state index in [4.69, 9.17) is 5.73 Å². The number of nitrogens with zero attached hydrogens (tertiary/aromatic N) is 1. The summed E-state index contributed by atoms with van der Waals surface area (Å²) in [5.41, 5.74) is 6.75. The minimum atomic E-state index is 0.617. The molecule has 0 aliphatic rings. The van der Waals surface area contributed by atoms with E-state index in [0.717, 1.165) is 12.2 Å². The van der Waals surface area contributed by atoms with Gasteiger partial charge in [-0.3, -0.25) is 0 Å². The van der Waals surface area contributed by atoms with Crippen LogP contribution in [0.1, 0.15) is 11.4 Å². The first-order valence-electron chi connectivity index (χ1n) is 4.18. The Hall–Kier alpha value is -1.77. The lowest BCUT2D eigenvalue weighted by molar-refractivity contribution is 1.03. The van der Waals surface area contributed by atoms with Crippen LogP contribution in [0.4, 0.5) is 5.82 Å². The summed E-state index contributed by atoms with van der Waals surface area (Å²) in [5.74, 6) is 1.52. The summed E-state index contributed by atoms with van der Waals surface area (Å²) in [4.78, 5) is 7.12. The number of aromatic amines is 1. The number of nitrogen functional groups attached to an aromatic ring is 1. The van der Waals surface area contributed by atoms with Crippen molar-refractivity contribution in [1.29, 1.82) is 0 Å². The molecule has 3 heteroatoms. The Labute approximate surface area is 76.6 Å². The van der Waals surface area contributed by atoms with Crippen LogP contribution in [0.25, 0.3) is 0 Å². The Morgan fingerprint density at radius 2 is 2.00 bits per heavy atom. The molecule has 3 nitrogen and oxygen atoms in total. The van der Waals surface area contributed by atoms with E-state index in [9.17, 15) is 0 Å². The fourth-order valence-corrected chi connectivity index (χ4v) is 1.26. The van der Waals surface area contributed by atoms with E-state index in [2.05, 4.69) is 22.1 Å². The van der Waals surface area contributed by atoms with Crippen molar-refractivity contribution in [3.63, 3.8) is 0 Å². The van der Waals surface area contributed by atoms with E-state index in [0.29, 0.717) is 5.82 Å². The van der Waals surface area contributed by atoms with Gasteiger partial charge in [0.15, 0.2) is 0 Å². The number of H-pyrrole nitrogens is 1. The first-order chi connectivity index (χ1) is 6.34. The first kappa shape index (κ1) is 7.86. The maximum Gasteiger partial charge on any atom is 0.120 e. The Balaban J connectivity index is 2.15. The summed E-state index contributed by atoms with van der Waals surface area (Å²) in [6, 6.07) is 10.2. The summed E-state index contributed by atoms with van der Waals surface area (Å²) in [5, 5.41) is 0. The van der Waals surface area contributed by atoms with Gasteiger partial charge >= 0.3 is 0 Å². The molecule has 0 unspecified atom stereocenters. The van der Waals surface area contributed by atoms with Crippen molar-refractivity contribution in [2.45, 2.75) is 6.42 Å². The zero-order valence-corrected chi connectivity index (χ0v) is 7.20. The van der Waals surface area contributed by atoms with Crippen molar-refractivity contribution in [1.82, 2.24) is 9.97 Å². The number of rotatable bonds is 2. The lowest BCUT2D eigenvalue weighted by Gasteiger charge is -1.96. The highest BCUT2D eigenvalue weighted by molar-refractivity contribution is 5.27. The molecule has 66 valence electrons. The third-order valence-electron chi connectivity index (χ3n) is 1.86. The zero-order chi connectivity index (χ0) is 9.10. The molecule has 13 heavy (non-hydrogen) atoms. The van der Waals surface area contributed by atoms with Crippen LogP contribution in [-0.2, 0) is 6.42 Å².